The quantitative estimate of drug-likeness (QED) is 0.818. The fourth-order valence-electron chi connectivity index (χ4n) is 2.31. The highest BCUT2D eigenvalue weighted by Crippen LogP contribution is 2.12. The van der Waals surface area contributed by atoms with Gasteiger partial charge in [0.1, 0.15) is 6.61 Å². The molecule has 0 atom stereocenters. The Balaban J connectivity index is 1.79. The molecule has 1 fully saturated rings. The summed E-state index contributed by atoms with van der Waals surface area (Å²) in [6, 6.07) is 6.29. The molecule has 0 N–H and O–H groups in total. The molecule has 0 aromatic heterocycles. The Morgan fingerprint density at radius 3 is 2.67 bits per heavy atom. The summed E-state index contributed by atoms with van der Waals surface area (Å²) in [5, 5.41) is 0. The van der Waals surface area contributed by atoms with E-state index in [1.165, 1.54) is 11.1 Å². The molecule has 3 nitrogen and oxygen atoms in total. The van der Waals surface area contributed by atoms with Gasteiger partial charge in [0, 0.05) is 13.1 Å². The number of nitrogens with zero attached hydrogens (tertiary/aromatic N) is 1. The molecule has 18 heavy (non-hydrogen) atoms. The van der Waals surface area contributed by atoms with Gasteiger partial charge in [-0.15, -0.1) is 0 Å². The third-order valence-electron chi connectivity index (χ3n) is 3.44. The minimum atomic E-state index is 0.122. The SMILES string of the molecule is Cc1ccc(COCC(=O)N2CCCC2)c(C)c1. The molecular formula is C15H21NO2. The van der Waals surface area contributed by atoms with Gasteiger partial charge in [0.2, 0.25) is 5.91 Å². The van der Waals surface area contributed by atoms with E-state index in [0.29, 0.717) is 6.61 Å². The van der Waals surface area contributed by atoms with Crippen molar-refractivity contribution < 1.29 is 9.53 Å². The molecule has 1 heterocycles. The lowest BCUT2D eigenvalue weighted by molar-refractivity contribution is -0.135. The van der Waals surface area contributed by atoms with Crippen molar-refractivity contribution in [1.29, 1.82) is 0 Å². The first kappa shape index (κ1) is 13.1. The topological polar surface area (TPSA) is 29.5 Å². The molecule has 98 valence electrons. The zero-order valence-electron chi connectivity index (χ0n) is 11.2. The lowest BCUT2D eigenvalue weighted by atomic mass is 10.1. The maximum absolute atomic E-state index is 11.8. The summed E-state index contributed by atoms with van der Waals surface area (Å²) in [6.45, 7) is 6.67. The van der Waals surface area contributed by atoms with Crippen LogP contribution in [0, 0.1) is 13.8 Å². The van der Waals surface area contributed by atoms with E-state index < -0.39 is 0 Å². The van der Waals surface area contributed by atoms with Crippen LogP contribution in [0.3, 0.4) is 0 Å². The molecule has 3 heteroatoms. The Morgan fingerprint density at radius 1 is 1.28 bits per heavy atom. The minimum absolute atomic E-state index is 0.122. The summed E-state index contributed by atoms with van der Waals surface area (Å²) in [7, 11) is 0. The summed E-state index contributed by atoms with van der Waals surface area (Å²) in [4.78, 5) is 13.7. The van der Waals surface area contributed by atoms with E-state index in [2.05, 4.69) is 32.0 Å². The molecule has 1 aliphatic rings. The van der Waals surface area contributed by atoms with Crippen molar-refractivity contribution in [2.45, 2.75) is 33.3 Å². The van der Waals surface area contributed by atoms with Crippen molar-refractivity contribution in [3.8, 4) is 0 Å². The molecule has 2 rings (SSSR count). The monoisotopic (exact) mass is 247 g/mol. The summed E-state index contributed by atoms with van der Waals surface area (Å²) in [6.07, 6.45) is 2.26. The number of amides is 1. The predicted octanol–water partition coefficient (Wildman–Crippen LogP) is 2.44. The van der Waals surface area contributed by atoms with Gasteiger partial charge in [-0.3, -0.25) is 4.79 Å². The van der Waals surface area contributed by atoms with E-state index in [9.17, 15) is 4.79 Å². The Labute approximate surface area is 109 Å². The molecule has 1 aromatic carbocycles. The second kappa shape index (κ2) is 6.01. The number of benzene rings is 1. The molecule has 0 spiro atoms. The van der Waals surface area contributed by atoms with Crippen LogP contribution < -0.4 is 0 Å². The van der Waals surface area contributed by atoms with Crippen molar-refractivity contribution in [2.75, 3.05) is 19.7 Å². The van der Waals surface area contributed by atoms with Gasteiger partial charge in [0.05, 0.1) is 6.61 Å². The largest absolute Gasteiger partial charge is 0.367 e. The Kier molecular flexibility index (Phi) is 4.37. The lowest BCUT2D eigenvalue weighted by Crippen LogP contribution is -2.31. The minimum Gasteiger partial charge on any atom is -0.367 e. The highest BCUT2D eigenvalue weighted by molar-refractivity contribution is 5.77. The van der Waals surface area contributed by atoms with Crippen LogP contribution in [0.4, 0.5) is 0 Å². The number of likely N-dealkylation sites (tertiary alicyclic amines) is 1. The molecule has 0 bridgehead atoms. The second-order valence-corrected chi connectivity index (χ2v) is 5.01. The third-order valence-corrected chi connectivity index (χ3v) is 3.44. The van der Waals surface area contributed by atoms with Crippen LogP contribution >= 0.6 is 0 Å². The lowest BCUT2D eigenvalue weighted by Gasteiger charge is -2.15. The van der Waals surface area contributed by atoms with Gasteiger partial charge in [0.15, 0.2) is 0 Å². The highest BCUT2D eigenvalue weighted by Gasteiger charge is 2.17. The number of ether oxygens (including phenoxy) is 1. The number of hydrogen-bond acceptors (Lipinski definition) is 2. The van der Waals surface area contributed by atoms with E-state index in [1.54, 1.807) is 0 Å². The van der Waals surface area contributed by atoms with Gasteiger partial charge in [-0.25, -0.2) is 0 Å². The molecule has 0 saturated carbocycles. The fourth-order valence-corrected chi connectivity index (χ4v) is 2.31. The smallest absolute Gasteiger partial charge is 0.248 e. The maximum atomic E-state index is 11.8. The first-order valence-electron chi connectivity index (χ1n) is 6.58. The van der Waals surface area contributed by atoms with Gasteiger partial charge >= 0.3 is 0 Å². The zero-order chi connectivity index (χ0) is 13.0. The van der Waals surface area contributed by atoms with Crippen LogP contribution in [0.1, 0.15) is 29.5 Å². The number of carbonyl (C=O) groups is 1. The second-order valence-electron chi connectivity index (χ2n) is 5.01. The maximum Gasteiger partial charge on any atom is 0.248 e. The molecule has 0 aliphatic carbocycles. The van der Waals surface area contributed by atoms with Gasteiger partial charge in [-0.05, 0) is 37.8 Å². The third kappa shape index (κ3) is 3.33. The van der Waals surface area contributed by atoms with E-state index in [0.717, 1.165) is 31.5 Å². The molecule has 0 radical (unpaired) electrons. The molecular weight excluding hydrogens is 226 g/mol. The van der Waals surface area contributed by atoms with Crippen LogP contribution in [0.15, 0.2) is 18.2 Å². The standard InChI is InChI=1S/C15H21NO2/c1-12-5-6-14(13(2)9-12)10-18-11-15(17)16-7-3-4-8-16/h5-6,9H,3-4,7-8,10-11H2,1-2H3. The van der Waals surface area contributed by atoms with Crippen molar-refractivity contribution in [3.05, 3.63) is 34.9 Å². The number of hydrogen-bond donors (Lipinski definition) is 0. The average molecular weight is 247 g/mol. The van der Waals surface area contributed by atoms with Crippen LogP contribution in [-0.4, -0.2) is 30.5 Å². The van der Waals surface area contributed by atoms with Crippen molar-refractivity contribution in [2.24, 2.45) is 0 Å². The van der Waals surface area contributed by atoms with Crippen molar-refractivity contribution in [3.63, 3.8) is 0 Å². The highest BCUT2D eigenvalue weighted by atomic mass is 16.5. The summed E-state index contributed by atoms with van der Waals surface area (Å²) >= 11 is 0. The van der Waals surface area contributed by atoms with Crippen LogP contribution in [0.25, 0.3) is 0 Å². The van der Waals surface area contributed by atoms with Crippen LogP contribution in [0.5, 0.6) is 0 Å². The first-order chi connectivity index (χ1) is 8.66. The molecule has 1 amide bonds. The summed E-state index contributed by atoms with van der Waals surface area (Å²) < 4.78 is 5.52. The van der Waals surface area contributed by atoms with Crippen molar-refractivity contribution >= 4 is 5.91 Å². The summed E-state index contributed by atoms with van der Waals surface area (Å²) in [5.41, 5.74) is 3.64. The Bertz CT molecular complexity index is 423. The van der Waals surface area contributed by atoms with Crippen molar-refractivity contribution in [1.82, 2.24) is 4.90 Å². The van der Waals surface area contributed by atoms with E-state index in [4.69, 9.17) is 4.74 Å². The van der Waals surface area contributed by atoms with Crippen LogP contribution in [0.2, 0.25) is 0 Å². The van der Waals surface area contributed by atoms with E-state index in [1.807, 2.05) is 4.90 Å². The fraction of sp³-hybridized carbons (Fsp3) is 0.533. The molecule has 1 saturated heterocycles. The van der Waals surface area contributed by atoms with Gasteiger partial charge < -0.3 is 9.64 Å². The number of aryl methyl sites for hydroxylation is 2. The Morgan fingerprint density at radius 2 is 2.00 bits per heavy atom. The molecule has 1 aromatic rings. The van der Waals surface area contributed by atoms with Gasteiger partial charge in [-0.1, -0.05) is 23.8 Å². The number of rotatable bonds is 4. The normalized spacial score (nSPS) is 15.1. The predicted molar refractivity (Wildman–Crippen MR) is 71.4 cm³/mol. The Hall–Kier alpha value is -1.35. The van der Waals surface area contributed by atoms with Crippen LogP contribution in [-0.2, 0) is 16.1 Å². The van der Waals surface area contributed by atoms with Gasteiger partial charge in [0.25, 0.3) is 0 Å². The number of carbonyl (C=O) groups excluding carboxylic acids is 1. The molecule has 1 aliphatic heterocycles. The van der Waals surface area contributed by atoms with Gasteiger partial charge in [-0.2, -0.15) is 0 Å². The average Bonchev–Trinajstić information content (AvgIpc) is 2.85. The van der Waals surface area contributed by atoms with E-state index >= 15 is 0 Å². The first-order valence-corrected chi connectivity index (χ1v) is 6.58. The van der Waals surface area contributed by atoms with E-state index in [-0.39, 0.29) is 12.5 Å². The molecule has 0 unspecified atom stereocenters. The summed E-state index contributed by atoms with van der Waals surface area (Å²) in [5.74, 6) is 0.122. The zero-order valence-corrected chi connectivity index (χ0v) is 11.2.